The largest absolute Gasteiger partial charge is 0.337 e. The maximum absolute atomic E-state index is 13.5. The van der Waals surface area contributed by atoms with Gasteiger partial charge in [0.25, 0.3) is 5.91 Å². The average Bonchev–Trinajstić information content (AvgIpc) is 3.33. The van der Waals surface area contributed by atoms with Crippen LogP contribution in [0.5, 0.6) is 0 Å². The van der Waals surface area contributed by atoms with Crippen LogP contribution in [0.3, 0.4) is 0 Å². The van der Waals surface area contributed by atoms with Crippen molar-refractivity contribution >= 4 is 17.5 Å². The third-order valence-electron chi connectivity index (χ3n) is 6.42. The molecule has 5 rings (SSSR count). The van der Waals surface area contributed by atoms with Gasteiger partial charge in [0.15, 0.2) is 0 Å². The number of rotatable bonds is 3. The summed E-state index contributed by atoms with van der Waals surface area (Å²) in [5.41, 5.74) is 4.09. The maximum atomic E-state index is 13.5. The molecule has 2 aliphatic rings. The molecule has 0 aliphatic carbocycles. The summed E-state index contributed by atoms with van der Waals surface area (Å²) >= 11 is 6.09. The Morgan fingerprint density at radius 3 is 2.57 bits per heavy atom. The van der Waals surface area contributed by atoms with E-state index < -0.39 is 0 Å². The van der Waals surface area contributed by atoms with Crippen molar-refractivity contribution in [1.29, 1.82) is 0 Å². The molecule has 154 valence electrons. The Labute approximate surface area is 182 Å². The molecule has 2 aromatic carbocycles. The second kappa shape index (κ2) is 8.27. The molecule has 0 saturated carbocycles. The molecule has 3 aromatic rings. The molecule has 1 amide bonds. The van der Waals surface area contributed by atoms with E-state index >= 15 is 0 Å². The second-order valence-corrected chi connectivity index (χ2v) is 8.78. The topological polar surface area (TPSA) is 38.1 Å². The number of imidazole rings is 1. The summed E-state index contributed by atoms with van der Waals surface area (Å²) in [6.07, 6.45) is 5.35. The molecule has 0 bridgehead atoms. The lowest BCUT2D eigenvalue weighted by molar-refractivity contribution is 0.0784. The van der Waals surface area contributed by atoms with Crippen LogP contribution in [0, 0.1) is 0 Å². The van der Waals surface area contributed by atoms with Crippen LogP contribution < -0.4 is 0 Å². The van der Waals surface area contributed by atoms with Crippen LogP contribution in [-0.4, -0.2) is 33.4 Å². The lowest BCUT2D eigenvalue weighted by Gasteiger charge is -2.16. The smallest absolute Gasteiger partial charge is 0.274 e. The summed E-state index contributed by atoms with van der Waals surface area (Å²) in [7, 11) is 0. The average molecular weight is 420 g/mol. The van der Waals surface area contributed by atoms with Crippen molar-refractivity contribution in [3.63, 3.8) is 0 Å². The Hall–Kier alpha value is -2.59. The van der Waals surface area contributed by atoms with Crippen molar-refractivity contribution in [2.24, 2.45) is 0 Å². The zero-order valence-electron chi connectivity index (χ0n) is 17.1. The molecule has 1 saturated heterocycles. The molecule has 30 heavy (non-hydrogen) atoms. The Bertz CT molecular complexity index is 1040. The van der Waals surface area contributed by atoms with Gasteiger partial charge in [-0.1, -0.05) is 48.4 Å². The fourth-order valence-corrected chi connectivity index (χ4v) is 4.93. The number of hydrogen-bond acceptors (Lipinski definition) is 2. The minimum Gasteiger partial charge on any atom is -0.337 e. The molecular weight excluding hydrogens is 394 g/mol. The molecule has 0 radical (unpaired) electrons. The van der Waals surface area contributed by atoms with E-state index in [0.717, 1.165) is 62.4 Å². The monoisotopic (exact) mass is 419 g/mol. The van der Waals surface area contributed by atoms with Crippen LogP contribution in [0.2, 0.25) is 5.02 Å². The van der Waals surface area contributed by atoms with Crippen molar-refractivity contribution in [2.45, 2.75) is 44.6 Å². The maximum Gasteiger partial charge on any atom is 0.274 e. The first-order valence-electron chi connectivity index (χ1n) is 10.9. The van der Waals surface area contributed by atoms with E-state index in [1.807, 2.05) is 35.2 Å². The van der Waals surface area contributed by atoms with Gasteiger partial charge in [-0.3, -0.25) is 4.79 Å². The summed E-state index contributed by atoms with van der Waals surface area (Å²) in [5.74, 6) is 1.39. The highest BCUT2D eigenvalue weighted by atomic mass is 35.5. The van der Waals surface area contributed by atoms with Gasteiger partial charge < -0.3 is 9.47 Å². The number of carbonyl (C=O) groups excluding carboxylic acids is 1. The number of halogens is 1. The minimum absolute atomic E-state index is 0.0827. The molecule has 1 atom stereocenters. The number of benzene rings is 2. The molecule has 0 spiro atoms. The fourth-order valence-electron chi connectivity index (χ4n) is 4.80. The SMILES string of the molecule is O=C(c1nc(-c2ccc(Cl)cc2)n2c1CCCCC2)N1CCC(c2ccccc2)C1. The highest BCUT2D eigenvalue weighted by Gasteiger charge is 2.32. The van der Waals surface area contributed by atoms with Crippen LogP contribution in [0.25, 0.3) is 11.4 Å². The first-order chi connectivity index (χ1) is 14.7. The quantitative estimate of drug-likeness (QED) is 0.557. The lowest BCUT2D eigenvalue weighted by Crippen LogP contribution is -2.29. The number of fused-ring (bicyclic) bond motifs is 1. The molecule has 5 heteroatoms. The number of hydrogen-bond donors (Lipinski definition) is 0. The van der Waals surface area contributed by atoms with E-state index in [-0.39, 0.29) is 5.91 Å². The van der Waals surface area contributed by atoms with E-state index in [0.29, 0.717) is 16.6 Å². The van der Waals surface area contributed by atoms with Crippen molar-refractivity contribution in [3.8, 4) is 11.4 Å². The number of carbonyl (C=O) groups is 1. The van der Waals surface area contributed by atoms with E-state index in [1.54, 1.807) is 0 Å². The molecule has 1 unspecified atom stereocenters. The molecular formula is C25H26ClN3O. The predicted molar refractivity (Wildman–Crippen MR) is 120 cm³/mol. The van der Waals surface area contributed by atoms with Gasteiger partial charge >= 0.3 is 0 Å². The van der Waals surface area contributed by atoms with Crippen LogP contribution >= 0.6 is 11.6 Å². The van der Waals surface area contributed by atoms with Gasteiger partial charge in [-0.2, -0.15) is 0 Å². The Morgan fingerprint density at radius 1 is 0.967 bits per heavy atom. The van der Waals surface area contributed by atoms with E-state index in [2.05, 4.69) is 28.8 Å². The Morgan fingerprint density at radius 2 is 1.77 bits per heavy atom. The van der Waals surface area contributed by atoms with Gasteiger partial charge in [-0.15, -0.1) is 0 Å². The van der Waals surface area contributed by atoms with E-state index in [9.17, 15) is 4.79 Å². The first kappa shape index (κ1) is 19.4. The summed E-state index contributed by atoms with van der Waals surface area (Å²) < 4.78 is 2.27. The molecule has 2 aliphatic heterocycles. The van der Waals surface area contributed by atoms with E-state index in [1.165, 1.54) is 12.0 Å². The van der Waals surface area contributed by atoms with Crippen LogP contribution in [-0.2, 0) is 13.0 Å². The molecule has 4 nitrogen and oxygen atoms in total. The normalized spacial score (nSPS) is 18.8. The lowest BCUT2D eigenvalue weighted by atomic mass is 9.99. The van der Waals surface area contributed by atoms with Crippen LogP contribution in [0.15, 0.2) is 54.6 Å². The summed E-state index contributed by atoms with van der Waals surface area (Å²) in [6.45, 7) is 2.48. The third-order valence-corrected chi connectivity index (χ3v) is 6.67. The molecule has 1 aromatic heterocycles. The highest BCUT2D eigenvalue weighted by Crippen LogP contribution is 2.32. The number of likely N-dealkylation sites (tertiary alicyclic amines) is 1. The van der Waals surface area contributed by atoms with E-state index in [4.69, 9.17) is 16.6 Å². The molecule has 3 heterocycles. The molecule has 0 N–H and O–H groups in total. The Kier molecular flexibility index (Phi) is 5.34. The van der Waals surface area contributed by atoms with Crippen LogP contribution in [0.1, 0.15) is 53.3 Å². The first-order valence-corrected chi connectivity index (χ1v) is 11.3. The van der Waals surface area contributed by atoms with Crippen LogP contribution in [0.4, 0.5) is 0 Å². The van der Waals surface area contributed by atoms with Crippen molar-refractivity contribution in [1.82, 2.24) is 14.5 Å². The standard InChI is InChI=1S/C25H26ClN3O/c26-21-12-10-19(11-13-21)24-27-23(22-9-5-2-6-15-29(22)24)25(30)28-16-14-20(17-28)18-7-3-1-4-8-18/h1,3-4,7-8,10-13,20H,2,5-6,9,14-17H2. The second-order valence-electron chi connectivity index (χ2n) is 8.35. The zero-order valence-corrected chi connectivity index (χ0v) is 17.8. The fraction of sp³-hybridized carbons (Fsp3) is 0.360. The van der Waals surface area contributed by atoms with Gasteiger partial charge in [0, 0.05) is 36.1 Å². The third kappa shape index (κ3) is 3.65. The highest BCUT2D eigenvalue weighted by molar-refractivity contribution is 6.30. The van der Waals surface area contributed by atoms with Crippen molar-refractivity contribution in [3.05, 3.63) is 76.6 Å². The zero-order chi connectivity index (χ0) is 20.5. The Balaban J connectivity index is 1.46. The summed E-state index contributed by atoms with van der Waals surface area (Å²) in [4.78, 5) is 20.4. The van der Waals surface area contributed by atoms with Crippen molar-refractivity contribution < 1.29 is 4.79 Å². The minimum atomic E-state index is 0.0827. The summed E-state index contributed by atoms with van der Waals surface area (Å²) in [6, 6.07) is 18.3. The number of amides is 1. The predicted octanol–water partition coefficient (Wildman–Crippen LogP) is 5.56. The van der Waals surface area contributed by atoms with Gasteiger partial charge in [0.1, 0.15) is 11.5 Å². The van der Waals surface area contributed by atoms with Gasteiger partial charge in [-0.25, -0.2) is 4.98 Å². The summed E-state index contributed by atoms with van der Waals surface area (Å²) in [5, 5.41) is 0.710. The number of nitrogens with zero attached hydrogens (tertiary/aromatic N) is 3. The van der Waals surface area contributed by atoms with Gasteiger partial charge in [0.05, 0.1) is 5.69 Å². The van der Waals surface area contributed by atoms with Crippen molar-refractivity contribution in [2.75, 3.05) is 13.1 Å². The number of aromatic nitrogens is 2. The van der Waals surface area contributed by atoms with Gasteiger partial charge in [-0.05, 0) is 55.5 Å². The van der Waals surface area contributed by atoms with Gasteiger partial charge in [0.2, 0.25) is 0 Å². The molecule has 1 fully saturated rings.